The second kappa shape index (κ2) is 7.91. The summed E-state index contributed by atoms with van der Waals surface area (Å²) in [6, 6.07) is 4.95. The summed E-state index contributed by atoms with van der Waals surface area (Å²) in [6.07, 6.45) is 1.93. The molecule has 2 aliphatic heterocycles. The second-order valence-electron chi connectivity index (χ2n) is 6.54. The van der Waals surface area contributed by atoms with E-state index in [2.05, 4.69) is 5.32 Å². The van der Waals surface area contributed by atoms with Gasteiger partial charge in [0.15, 0.2) is 0 Å². The number of benzene rings is 1. The van der Waals surface area contributed by atoms with Crippen LogP contribution in [0.2, 0.25) is 10.0 Å². The first-order valence-electron chi connectivity index (χ1n) is 8.30. The molecule has 0 radical (unpaired) electrons. The highest BCUT2D eigenvalue weighted by Crippen LogP contribution is 2.26. The number of amides is 1. The summed E-state index contributed by atoms with van der Waals surface area (Å²) >= 11 is 11.9. The lowest BCUT2D eigenvalue weighted by molar-refractivity contribution is -0.134. The normalized spacial score (nSPS) is 25.0. The first-order valence-corrected chi connectivity index (χ1v) is 9.06. The Bertz CT molecular complexity index is 571. The Kier molecular flexibility index (Phi) is 5.87. The monoisotopic (exact) mass is 372 g/mol. The highest BCUT2D eigenvalue weighted by molar-refractivity contribution is 6.34. The van der Waals surface area contributed by atoms with Crippen molar-refractivity contribution in [2.45, 2.75) is 31.4 Å². The molecule has 7 heteroatoms. The minimum Gasteiger partial charge on any atom is -0.493 e. The molecule has 0 aromatic heterocycles. The molecular formula is C17H22Cl2N2O3. The van der Waals surface area contributed by atoms with Crippen LogP contribution in [0.1, 0.15) is 19.3 Å². The number of carbonyl (C=O) groups excluding carboxylic acids is 1. The Morgan fingerprint density at radius 2 is 1.92 bits per heavy atom. The highest BCUT2D eigenvalue weighted by Gasteiger charge is 2.33. The van der Waals surface area contributed by atoms with Crippen molar-refractivity contribution in [3.63, 3.8) is 0 Å². The van der Waals surface area contributed by atoms with Crippen LogP contribution in [-0.4, -0.2) is 54.3 Å². The van der Waals surface area contributed by atoms with Crippen LogP contribution in [0, 0.1) is 5.92 Å². The summed E-state index contributed by atoms with van der Waals surface area (Å²) in [5.41, 5.74) is 0. The van der Waals surface area contributed by atoms with E-state index in [1.54, 1.807) is 18.2 Å². The van der Waals surface area contributed by atoms with Crippen molar-refractivity contribution in [2.75, 3.05) is 26.2 Å². The van der Waals surface area contributed by atoms with E-state index in [-0.39, 0.29) is 11.9 Å². The first-order chi connectivity index (χ1) is 11.5. The molecule has 0 spiro atoms. The van der Waals surface area contributed by atoms with E-state index >= 15 is 0 Å². The number of hydrogen-bond donors (Lipinski definition) is 2. The van der Waals surface area contributed by atoms with Gasteiger partial charge in [0.05, 0.1) is 18.8 Å². The summed E-state index contributed by atoms with van der Waals surface area (Å²) in [5, 5.41) is 13.7. The topological polar surface area (TPSA) is 61.8 Å². The zero-order valence-electron chi connectivity index (χ0n) is 13.4. The van der Waals surface area contributed by atoms with E-state index in [1.807, 2.05) is 4.90 Å². The third kappa shape index (κ3) is 4.54. The number of nitrogens with one attached hydrogen (secondary N) is 1. The number of hydrogen-bond acceptors (Lipinski definition) is 4. The summed E-state index contributed by atoms with van der Waals surface area (Å²) in [4.78, 5) is 14.3. The maximum Gasteiger partial charge on any atom is 0.239 e. The zero-order valence-corrected chi connectivity index (χ0v) is 14.9. The smallest absolute Gasteiger partial charge is 0.239 e. The van der Waals surface area contributed by atoms with Gasteiger partial charge < -0.3 is 20.1 Å². The average Bonchev–Trinajstić information content (AvgIpc) is 2.98. The Labute approximate surface area is 151 Å². The fourth-order valence-corrected chi connectivity index (χ4v) is 3.78. The van der Waals surface area contributed by atoms with Crippen LogP contribution < -0.4 is 10.1 Å². The quantitative estimate of drug-likeness (QED) is 0.851. The van der Waals surface area contributed by atoms with E-state index < -0.39 is 6.10 Å². The van der Waals surface area contributed by atoms with Crippen LogP contribution in [0.25, 0.3) is 0 Å². The van der Waals surface area contributed by atoms with Gasteiger partial charge in [-0.25, -0.2) is 0 Å². The van der Waals surface area contributed by atoms with Gasteiger partial charge in [0.25, 0.3) is 0 Å². The zero-order chi connectivity index (χ0) is 17.1. The van der Waals surface area contributed by atoms with Gasteiger partial charge in [-0.15, -0.1) is 0 Å². The van der Waals surface area contributed by atoms with Crippen molar-refractivity contribution in [3.05, 3.63) is 28.2 Å². The van der Waals surface area contributed by atoms with Crippen LogP contribution in [-0.2, 0) is 4.79 Å². The molecular weight excluding hydrogens is 351 g/mol. The van der Waals surface area contributed by atoms with Crippen LogP contribution in [0.4, 0.5) is 0 Å². The molecule has 1 aromatic carbocycles. The summed E-state index contributed by atoms with van der Waals surface area (Å²) < 4.78 is 5.80. The number of rotatable bonds is 4. The molecule has 3 rings (SSSR count). The van der Waals surface area contributed by atoms with Gasteiger partial charge in [-0.05, 0) is 43.4 Å². The number of aliphatic hydroxyl groups excluding tert-OH is 1. The molecule has 2 aliphatic rings. The van der Waals surface area contributed by atoms with Crippen molar-refractivity contribution in [1.82, 2.24) is 10.2 Å². The molecule has 24 heavy (non-hydrogen) atoms. The summed E-state index contributed by atoms with van der Waals surface area (Å²) in [7, 11) is 0. The number of ether oxygens (including phenoxy) is 1. The Balaban J connectivity index is 1.44. The first kappa shape index (κ1) is 17.8. The predicted molar refractivity (Wildman–Crippen MR) is 93.7 cm³/mol. The van der Waals surface area contributed by atoms with Gasteiger partial charge in [0.1, 0.15) is 5.75 Å². The SMILES string of the molecule is O=C([C@@H]1C[C@H](O)CN1)N1CCC(COc2cc(Cl)cc(Cl)c2)CC1. The lowest BCUT2D eigenvalue weighted by atomic mass is 9.97. The molecule has 0 unspecified atom stereocenters. The fraction of sp³-hybridized carbons (Fsp3) is 0.588. The third-order valence-corrected chi connectivity index (χ3v) is 5.09. The molecule has 5 nitrogen and oxygen atoms in total. The number of β-amino-alcohol motifs (C(OH)–C–C–N with tert-alkyl or cyclic N) is 1. The minimum absolute atomic E-state index is 0.104. The molecule has 2 heterocycles. The van der Waals surface area contributed by atoms with Crippen molar-refractivity contribution in [1.29, 1.82) is 0 Å². The van der Waals surface area contributed by atoms with Crippen molar-refractivity contribution in [3.8, 4) is 5.75 Å². The molecule has 0 aliphatic carbocycles. The van der Waals surface area contributed by atoms with Gasteiger partial charge in [0.2, 0.25) is 5.91 Å². The van der Waals surface area contributed by atoms with Crippen molar-refractivity contribution in [2.24, 2.45) is 5.92 Å². The lowest BCUT2D eigenvalue weighted by Gasteiger charge is -2.33. The van der Waals surface area contributed by atoms with E-state index in [1.165, 1.54) is 0 Å². The van der Waals surface area contributed by atoms with Gasteiger partial charge in [-0.1, -0.05) is 23.2 Å². The molecule has 132 valence electrons. The van der Waals surface area contributed by atoms with Crippen LogP contribution in [0.5, 0.6) is 5.75 Å². The Morgan fingerprint density at radius 3 is 2.50 bits per heavy atom. The number of carbonyl (C=O) groups is 1. The van der Waals surface area contributed by atoms with Crippen LogP contribution in [0.3, 0.4) is 0 Å². The summed E-state index contributed by atoms with van der Waals surface area (Å²) in [5.74, 6) is 1.19. The Morgan fingerprint density at radius 1 is 1.25 bits per heavy atom. The molecule has 2 atom stereocenters. The minimum atomic E-state index is -0.408. The standard InChI is InChI=1S/C17H22Cl2N2O3/c18-12-5-13(19)7-15(6-12)24-10-11-1-3-21(4-2-11)17(23)16-8-14(22)9-20-16/h5-7,11,14,16,20,22H,1-4,8-10H2/t14-,16-/m0/s1. The van der Waals surface area contributed by atoms with Crippen molar-refractivity contribution >= 4 is 29.1 Å². The molecule has 0 bridgehead atoms. The van der Waals surface area contributed by atoms with Crippen LogP contribution >= 0.6 is 23.2 Å². The highest BCUT2D eigenvalue weighted by atomic mass is 35.5. The van der Waals surface area contributed by atoms with Gasteiger partial charge >= 0.3 is 0 Å². The van der Waals surface area contributed by atoms with E-state index in [0.29, 0.717) is 41.3 Å². The maximum absolute atomic E-state index is 12.4. The van der Waals surface area contributed by atoms with E-state index in [4.69, 9.17) is 27.9 Å². The molecule has 0 saturated carbocycles. The van der Waals surface area contributed by atoms with Gasteiger partial charge in [-0.3, -0.25) is 4.79 Å². The number of likely N-dealkylation sites (tertiary alicyclic amines) is 1. The van der Waals surface area contributed by atoms with Gasteiger partial charge in [0, 0.05) is 29.7 Å². The Hall–Kier alpha value is -1.01. The average molecular weight is 373 g/mol. The largest absolute Gasteiger partial charge is 0.493 e. The number of halogens is 2. The molecule has 2 N–H and O–H groups in total. The third-order valence-electron chi connectivity index (χ3n) is 4.65. The number of nitrogens with zero attached hydrogens (tertiary/aromatic N) is 1. The second-order valence-corrected chi connectivity index (χ2v) is 7.41. The maximum atomic E-state index is 12.4. The predicted octanol–water partition coefficient (Wildman–Crippen LogP) is 2.33. The fourth-order valence-electron chi connectivity index (χ4n) is 3.27. The lowest BCUT2D eigenvalue weighted by Crippen LogP contribution is -2.47. The molecule has 2 fully saturated rings. The molecule has 1 aromatic rings. The summed E-state index contributed by atoms with van der Waals surface area (Å²) in [6.45, 7) is 2.57. The number of piperidine rings is 1. The van der Waals surface area contributed by atoms with E-state index in [0.717, 1.165) is 25.9 Å². The van der Waals surface area contributed by atoms with E-state index in [9.17, 15) is 9.90 Å². The molecule has 2 saturated heterocycles. The van der Waals surface area contributed by atoms with Gasteiger partial charge in [-0.2, -0.15) is 0 Å². The number of aliphatic hydroxyl groups is 1. The van der Waals surface area contributed by atoms with Crippen LogP contribution in [0.15, 0.2) is 18.2 Å². The molecule has 1 amide bonds. The van der Waals surface area contributed by atoms with Crippen molar-refractivity contribution < 1.29 is 14.6 Å².